The second-order valence-electron chi connectivity index (χ2n) is 6.34. The molecule has 0 aromatic rings. The van der Waals surface area contributed by atoms with Gasteiger partial charge in [0, 0.05) is 19.1 Å². The lowest BCUT2D eigenvalue weighted by Gasteiger charge is -2.40. The molecule has 2 fully saturated rings. The first kappa shape index (κ1) is 15.2. The Morgan fingerprint density at radius 3 is 2.16 bits per heavy atom. The molecule has 2 aliphatic rings. The largest absolute Gasteiger partial charge is 0.342 e. The van der Waals surface area contributed by atoms with Crippen molar-refractivity contribution in [3.8, 4) is 0 Å². The van der Waals surface area contributed by atoms with Gasteiger partial charge in [-0.25, -0.2) is 0 Å². The van der Waals surface area contributed by atoms with Crippen molar-refractivity contribution < 1.29 is 4.79 Å². The summed E-state index contributed by atoms with van der Waals surface area (Å²) in [6.45, 7) is 8.50. The maximum atomic E-state index is 12.3. The van der Waals surface area contributed by atoms with E-state index >= 15 is 0 Å². The van der Waals surface area contributed by atoms with Gasteiger partial charge in [0.2, 0.25) is 5.91 Å². The predicted molar refractivity (Wildman–Crippen MR) is 82.6 cm³/mol. The van der Waals surface area contributed by atoms with Crippen LogP contribution in [-0.2, 0) is 4.79 Å². The van der Waals surface area contributed by atoms with Gasteiger partial charge in [-0.05, 0) is 44.7 Å². The van der Waals surface area contributed by atoms with Gasteiger partial charge in [-0.15, -0.1) is 0 Å². The van der Waals surface area contributed by atoms with Gasteiger partial charge in [-0.2, -0.15) is 12.6 Å². The molecule has 0 saturated carbocycles. The highest BCUT2D eigenvalue weighted by Crippen LogP contribution is 2.22. The molecule has 110 valence electrons. The molecule has 0 radical (unpaired) electrons. The fraction of sp³-hybridized carbons (Fsp3) is 0.933. The molecule has 19 heavy (non-hydrogen) atoms. The summed E-state index contributed by atoms with van der Waals surface area (Å²) < 4.78 is 0. The molecular formula is C15H28N2OS. The van der Waals surface area contributed by atoms with Crippen LogP contribution in [0, 0.1) is 5.92 Å². The van der Waals surface area contributed by atoms with Crippen LogP contribution in [0.3, 0.4) is 0 Å². The maximum Gasteiger partial charge on any atom is 0.235 e. The van der Waals surface area contributed by atoms with Crippen molar-refractivity contribution in [1.29, 1.82) is 0 Å². The number of piperidine rings is 2. The number of carbonyl (C=O) groups excluding carboxylic acids is 1. The maximum absolute atomic E-state index is 12.3. The Labute approximate surface area is 123 Å². The average Bonchev–Trinajstić information content (AvgIpc) is 2.46. The predicted octanol–water partition coefficient (Wildman–Crippen LogP) is 2.42. The summed E-state index contributed by atoms with van der Waals surface area (Å²) in [4.78, 5) is 16.9. The summed E-state index contributed by atoms with van der Waals surface area (Å²) in [6.07, 6.45) is 6.38. The molecule has 0 aliphatic carbocycles. The van der Waals surface area contributed by atoms with Crippen LogP contribution >= 0.6 is 12.6 Å². The van der Waals surface area contributed by atoms with Gasteiger partial charge < -0.3 is 9.80 Å². The second kappa shape index (κ2) is 6.98. The van der Waals surface area contributed by atoms with Crippen LogP contribution in [0.1, 0.15) is 46.0 Å². The number of amides is 1. The highest BCUT2D eigenvalue weighted by Gasteiger charge is 2.30. The summed E-state index contributed by atoms with van der Waals surface area (Å²) in [5.74, 6) is 0.547. The number of likely N-dealkylation sites (tertiary alicyclic amines) is 2. The SMILES string of the molecule is CC(C)C(S)C(=O)N1CCC(N2CCCCC2)CC1. The normalized spacial score (nSPS) is 24.7. The lowest BCUT2D eigenvalue weighted by atomic mass is 9.99. The Morgan fingerprint density at radius 1 is 1.05 bits per heavy atom. The molecule has 2 saturated heterocycles. The molecule has 2 rings (SSSR count). The van der Waals surface area contributed by atoms with E-state index in [-0.39, 0.29) is 11.2 Å². The molecule has 4 heteroatoms. The summed E-state index contributed by atoms with van der Waals surface area (Å²) in [5.41, 5.74) is 0. The van der Waals surface area contributed by atoms with Crippen molar-refractivity contribution in [3.63, 3.8) is 0 Å². The molecule has 0 aromatic carbocycles. The van der Waals surface area contributed by atoms with E-state index in [9.17, 15) is 4.79 Å². The van der Waals surface area contributed by atoms with Crippen LogP contribution in [0.15, 0.2) is 0 Å². The second-order valence-corrected chi connectivity index (χ2v) is 6.90. The Balaban J connectivity index is 1.80. The van der Waals surface area contributed by atoms with Gasteiger partial charge in [0.05, 0.1) is 5.25 Å². The molecule has 1 unspecified atom stereocenters. The first-order valence-electron chi connectivity index (χ1n) is 7.80. The quantitative estimate of drug-likeness (QED) is 0.805. The lowest BCUT2D eigenvalue weighted by Crippen LogP contribution is -2.50. The minimum atomic E-state index is -0.133. The third-order valence-electron chi connectivity index (χ3n) is 4.57. The van der Waals surface area contributed by atoms with Crippen molar-refractivity contribution in [3.05, 3.63) is 0 Å². The summed E-state index contributed by atoms with van der Waals surface area (Å²) in [6, 6.07) is 0.710. The molecule has 1 atom stereocenters. The Hall–Kier alpha value is -0.220. The third kappa shape index (κ3) is 3.88. The van der Waals surface area contributed by atoms with Crippen LogP contribution < -0.4 is 0 Å². The molecule has 0 spiro atoms. The zero-order valence-corrected chi connectivity index (χ0v) is 13.2. The van der Waals surface area contributed by atoms with Crippen molar-refractivity contribution >= 4 is 18.5 Å². The molecule has 0 aromatic heterocycles. The monoisotopic (exact) mass is 284 g/mol. The van der Waals surface area contributed by atoms with E-state index in [2.05, 4.69) is 31.4 Å². The van der Waals surface area contributed by atoms with Crippen molar-refractivity contribution in [2.24, 2.45) is 5.92 Å². The number of carbonyl (C=O) groups is 1. The molecule has 3 nitrogen and oxygen atoms in total. The lowest BCUT2D eigenvalue weighted by molar-refractivity contribution is -0.132. The van der Waals surface area contributed by atoms with Crippen molar-refractivity contribution in [2.75, 3.05) is 26.2 Å². The molecule has 1 amide bonds. The third-order valence-corrected chi connectivity index (χ3v) is 5.38. The van der Waals surface area contributed by atoms with Crippen molar-refractivity contribution in [1.82, 2.24) is 9.80 Å². The van der Waals surface area contributed by atoms with E-state index in [1.807, 2.05) is 4.90 Å². The smallest absolute Gasteiger partial charge is 0.235 e. The van der Waals surface area contributed by atoms with Gasteiger partial charge in [-0.1, -0.05) is 20.3 Å². The zero-order valence-electron chi connectivity index (χ0n) is 12.3. The van der Waals surface area contributed by atoms with E-state index in [4.69, 9.17) is 0 Å². The van der Waals surface area contributed by atoms with Crippen LogP contribution in [0.4, 0.5) is 0 Å². The number of thiol groups is 1. The van der Waals surface area contributed by atoms with Gasteiger partial charge >= 0.3 is 0 Å². The minimum absolute atomic E-state index is 0.133. The van der Waals surface area contributed by atoms with Gasteiger partial charge in [-0.3, -0.25) is 4.79 Å². The zero-order chi connectivity index (χ0) is 13.8. The van der Waals surface area contributed by atoms with E-state index < -0.39 is 0 Å². The molecule has 2 heterocycles. The highest BCUT2D eigenvalue weighted by atomic mass is 32.1. The van der Waals surface area contributed by atoms with E-state index in [0.717, 1.165) is 25.9 Å². The van der Waals surface area contributed by atoms with Crippen LogP contribution in [0.2, 0.25) is 0 Å². The van der Waals surface area contributed by atoms with Crippen molar-refractivity contribution in [2.45, 2.75) is 57.2 Å². The molecule has 2 aliphatic heterocycles. The Kier molecular flexibility index (Phi) is 5.58. The van der Waals surface area contributed by atoms with E-state index in [0.29, 0.717) is 12.0 Å². The van der Waals surface area contributed by atoms with Crippen LogP contribution in [0.25, 0.3) is 0 Å². The first-order valence-corrected chi connectivity index (χ1v) is 8.32. The van der Waals surface area contributed by atoms with E-state index in [1.165, 1.54) is 32.4 Å². The minimum Gasteiger partial charge on any atom is -0.342 e. The van der Waals surface area contributed by atoms with Crippen LogP contribution in [0.5, 0.6) is 0 Å². The fourth-order valence-corrected chi connectivity index (χ4v) is 3.37. The number of hydrogen-bond donors (Lipinski definition) is 1. The highest BCUT2D eigenvalue weighted by molar-refractivity contribution is 7.81. The molecule has 0 bridgehead atoms. The first-order chi connectivity index (χ1) is 9.09. The summed E-state index contributed by atoms with van der Waals surface area (Å²) in [5, 5.41) is -0.133. The number of rotatable bonds is 3. The number of hydrogen-bond acceptors (Lipinski definition) is 3. The van der Waals surface area contributed by atoms with E-state index in [1.54, 1.807) is 0 Å². The summed E-state index contributed by atoms with van der Waals surface area (Å²) in [7, 11) is 0. The summed E-state index contributed by atoms with van der Waals surface area (Å²) >= 11 is 4.45. The number of nitrogens with zero attached hydrogens (tertiary/aromatic N) is 2. The van der Waals surface area contributed by atoms with Crippen LogP contribution in [-0.4, -0.2) is 53.2 Å². The average molecular weight is 284 g/mol. The van der Waals surface area contributed by atoms with Gasteiger partial charge in [0.25, 0.3) is 0 Å². The molecular weight excluding hydrogens is 256 g/mol. The van der Waals surface area contributed by atoms with Gasteiger partial charge in [0.1, 0.15) is 0 Å². The van der Waals surface area contributed by atoms with Gasteiger partial charge in [0.15, 0.2) is 0 Å². The molecule has 0 N–H and O–H groups in total. The standard InChI is InChI=1S/C15H28N2OS/c1-12(2)14(19)15(18)17-10-6-13(7-11-17)16-8-4-3-5-9-16/h12-14,19H,3-11H2,1-2H3. The Morgan fingerprint density at radius 2 is 1.63 bits per heavy atom. The fourth-order valence-electron chi connectivity index (χ4n) is 3.21. The topological polar surface area (TPSA) is 23.6 Å². The Bertz CT molecular complexity index is 295.